The second-order valence-electron chi connectivity index (χ2n) is 7.22. The molecule has 0 radical (unpaired) electrons. The van der Waals surface area contributed by atoms with Crippen LogP contribution in [0.25, 0.3) is 0 Å². The molecule has 0 bridgehead atoms. The fourth-order valence-electron chi connectivity index (χ4n) is 4.15. The molecule has 0 aromatic rings. The summed E-state index contributed by atoms with van der Waals surface area (Å²) < 4.78 is 0. The molecule has 0 saturated heterocycles. The third-order valence-corrected chi connectivity index (χ3v) is 6.64. The molecule has 1 aliphatic carbocycles. The highest BCUT2D eigenvalue weighted by Crippen LogP contribution is 2.40. The van der Waals surface area contributed by atoms with Gasteiger partial charge in [-0.2, -0.15) is 0 Å². The molecule has 2 atom stereocenters. The van der Waals surface area contributed by atoms with Gasteiger partial charge in [-0.15, -0.1) is 11.8 Å². The van der Waals surface area contributed by atoms with E-state index in [0.29, 0.717) is 0 Å². The molecular formula is C20H37NS. The lowest BCUT2D eigenvalue weighted by atomic mass is 9.88. The van der Waals surface area contributed by atoms with Gasteiger partial charge in [0.25, 0.3) is 0 Å². The second-order valence-corrected chi connectivity index (χ2v) is 8.36. The van der Waals surface area contributed by atoms with Crippen molar-refractivity contribution in [3.05, 3.63) is 10.6 Å². The number of thioether (sulfide) groups is 1. The zero-order valence-corrected chi connectivity index (χ0v) is 15.8. The standard InChI is InChI=1S/C20H37NS/c1-3-5-12-17-13-9-7-6-8-10-14-18(11-4-2)20-19(17)21-15-16-22-20/h17-18,21H,3-16H2,1-2H3. The lowest BCUT2D eigenvalue weighted by molar-refractivity contribution is 0.437. The molecule has 22 heavy (non-hydrogen) atoms. The van der Waals surface area contributed by atoms with E-state index in [4.69, 9.17) is 0 Å². The summed E-state index contributed by atoms with van der Waals surface area (Å²) in [6.07, 6.45) is 17.0. The molecule has 2 heteroatoms. The molecule has 2 aliphatic rings. The zero-order chi connectivity index (χ0) is 15.6. The number of rotatable bonds is 5. The lowest BCUT2D eigenvalue weighted by Gasteiger charge is -2.32. The molecule has 1 heterocycles. The maximum Gasteiger partial charge on any atom is 0.0238 e. The predicted molar refractivity (Wildman–Crippen MR) is 101 cm³/mol. The Labute approximate surface area is 143 Å². The third kappa shape index (κ3) is 5.51. The molecule has 0 spiro atoms. The monoisotopic (exact) mass is 323 g/mol. The minimum atomic E-state index is 0.820. The van der Waals surface area contributed by atoms with Crippen LogP contribution in [0.2, 0.25) is 0 Å². The fourth-order valence-corrected chi connectivity index (χ4v) is 5.43. The van der Waals surface area contributed by atoms with E-state index < -0.39 is 0 Å². The summed E-state index contributed by atoms with van der Waals surface area (Å²) in [5.74, 6) is 2.94. The van der Waals surface area contributed by atoms with Gasteiger partial charge in [-0.25, -0.2) is 0 Å². The molecule has 2 rings (SSSR count). The van der Waals surface area contributed by atoms with E-state index in [1.165, 1.54) is 89.3 Å². The summed E-state index contributed by atoms with van der Waals surface area (Å²) in [6, 6.07) is 0. The normalized spacial score (nSPS) is 27.7. The Hall–Kier alpha value is -0.110. The van der Waals surface area contributed by atoms with Crippen molar-refractivity contribution in [2.75, 3.05) is 12.3 Å². The Kier molecular flexibility index (Phi) is 8.80. The maximum atomic E-state index is 3.86. The average Bonchev–Trinajstić information content (AvgIpc) is 2.58. The Morgan fingerprint density at radius 2 is 1.64 bits per heavy atom. The molecule has 2 unspecified atom stereocenters. The molecule has 1 aliphatic heterocycles. The molecule has 1 nitrogen and oxygen atoms in total. The van der Waals surface area contributed by atoms with E-state index in [2.05, 4.69) is 30.9 Å². The smallest absolute Gasteiger partial charge is 0.0238 e. The number of hydrogen-bond acceptors (Lipinski definition) is 2. The number of allylic oxidation sites excluding steroid dienone is 2. The maximum absolute atomic E-state index is 3.86. The summed E-state index contributed by atoms with van der Waals surface area (Å²) in [4.78, 5) is 1.77. The summed E-state index contributed by atoms with van der Waals surface area (Å²) in [7, 11) is 0. The first kappa shape index (κ1) is 18.2. The predicted octanol–water partition coefficient (Wildman–Crippen LogP) is 6.50. The molecule has 0 saturated carbocycles. The van der Waals surface area contributed by atoms with E-state index in [9.17, 15) is 0 Å². The van der Waals surface area contributed by atoms with Gasteiger partial charge in [-0.05, 0) is 37.5 Å². The molecule has 0 fully saturated rings. The Morgan fingerprint density at radius 3 is 2.36 bits per heavy atom. The van der Waals surface area contributed by atoms with Crippen LogP contribution in [-0.2, 0) is 0 Å². The number of hydrogen-bond donors (Lipinski definition) is 1. The van der Waals surface area contributed by atoms with Crippen molar-refractivity contribution < 1.29 is 0 Å². The van der Waals surface area contributed by atoms with Crippen molar-refractivity contribution in [1.82, 2.24) is 5.32 Å². The van der Waals surface area contributed by atoms with Crippen LogP contribution in [0.15, 0.2) is 10.6 Å². The van der Waals surface area contributed by atoms with Crippen molar-refractivity contribution in [3.8, 4) is 0 Å². The van der Waals surface area contributed by atoms with Gasteiger partial charge in [0.1, 0.15) is 0 Å². The molecule has 0 aromatic heterocycles. The number of unbranched alkanes of at least 4 members (excludes halogenated alkanes) is 1. The van der Waals surface area contributed by atoms with E-state index >= 15 is 0 Å². The van der Waals surface area contributed by atoms with Crippen molar-refractivity contribution in [1.29, 1.82) is 0 Å². The zero-order valence-electron chi connectivity index (χ0n) is 15.0. The van der Waals surface area contributed by atoms with E-state index in [-0.39, 0.29) is 0 Å². The van der Waals surface area contributed by atoms with Crippen molar-refractivity contribution >= 4 is 11.8 Å². The molecule has 1 N–H and O–H groups in total. The first-order chi connectivity index (χ1) is 10.9. The molecular weight excluding hydrogens is 286 g/mol. The van der Waals surface area contributed by atoms with Gasteiger partial charge in [0.2, 0.25) is 0 Å². The first-order valence-corrected chi connectivity index (χ1v) is 11.0. The fraction of sp³-hybridized carbons (Fsp3) is 0.900. The molecule has 0 aromatic carbocycles. The van der Waals surface area contributed by atoms with Gasteiger partial charge < -0.3 is 5.32 Å². The Balaban J connectivity index is 2.21. The second kappa shape index (κ2) is 10.6. The van der Waals surface area contributed by atoms with Gasteiger partial charge in [0.05, 0.1) is 0 Å². The van der Waals surface area contributed by atoms with Crippen LogP contribution in [0.4, 0.5) is 0 Å². The van der Waals surface area contributed by atoms with Crippen LogP contribution in [0.3, 0.4) is 0 Å². The van der Waals surface area contributed by atoms with Gasteiger partial charge in [0, 0.05) is 22.9 Å². The quantitative estimate of drug-likeness (QED) is 0.619. The van der Waals surface area contributed by atoms with Crippen LogP contribution >= 0.6 is 11.8 Å². The van der Waals surface area contributed by atoms with Crippen molar-refractivity contribution in [2.45, 2.75) is 90.9 Å². The van der Waals surface area contributed by atoms with Crippen LogP contribution in [0, 0.1) is 11.8 Å². The highest BCUT2D eigenvalue weighted by molar-refractivity contribution is 8.03. The summed E-state index contributed by atoms with van der Waals surface area (Å²) >= 11 is 2.19. The lowest BCUT2D eigenvalue weighted by Crippen LogP contribution is -2.30. The van der Waals surface area contributed by atoms with Gasteiger partial charge in [0.15, 0.2) is 0 Å². The van der Waals surface area contributed by atoms with E-state index in [0.717, 1.165) is 11.8 Å². The van der Waals surface area contributed by atoms with Gasteiger partial charge >= 0.3 is 0 Å². The highest BCUT2D eigenvalue weighted by Gasteiger charge is 2.26. The van der Waals surface area contributed by atoms with E-state index in [1.807, 2.05) is 0 Å². The topological polar surface area (TPSA) is 12.0 Å². The van der Waals surface area contributed by atoms with E-state index in [1.54, 1.807) is 10.6 Å². The van der Waals surface area contributed by atoms with Crippen molar-refractivity contribution in [2.24, 2.45) is 11.8 Å². The number of nitrogens with one attached hydrogen (secondary N) is 1. The van der Waals surface area contributed by atoms with Gasteiger partial charge in [-0.1, -0.05) is 65.2 Å². The van der Waals surface area contributed by atoms with Crippen LogP contribution in [0.1, 0.15) is 90.9 Å². The van der Waals surface area contributed by atoms with Gasteiger partial charge in [-0.3, -0.25) is 0 Å². The SMILES string of the molecule is CCCCC1CCCCCCCC(CCC)C2=C1NCCS2. The first-order valence-electron chi connectivity index (χ1n) is 9.97. The van der Waals surface area contributed by atoms with Crippen LogP contribution in [0.5, 0.6) is 0 Å². The third-order valence-electron chi connectivity index (χ3n) is 5.37. The summed E-state index contributed by atoms with van der Waals surface area (Å²) in [5.41, 5.74) is 1.69. The Morgan fingerprint density at radius 1 is 0.909 bits per heavy atom. The summed E-state index contributed by atoms with van der Waals surface area (Å²) in [5, 5.41) is 3.86. The van der Waals surface area contributed by atoms with Crippen LogP contribution < -0.4 is 5.32 Å². The van der Waals surface area contributed by atoms with Crippen molar-refractivity contribution in [3.63, 3.8) is 0 Å². The highest BCUT2D eigenvalue weighted by atomic mass is 32.2. The average molecular weight is 324 g/mol. The molecule has 0 amide bonds. The Bertz CT molecular complexity index is 337. The van der Waals surface area contributed by atoms with Crippen LogP contribution in [-0.4, -0.2) is 12.3 Å². The minimum Gasteiger partial charge on any atom is -0.387 e. The summed E-state index contributed by atoms with van der Waals surface area (Å²) in [6.45, 7) is 5.88. The molecule has 128 valence electrons. The minimum absolute atomic E-state index is 0.820. The largest absolute Gasteiger partial charge is 0.387 e.